The van der Waals surface area contributed by atoms with Crippen molar-refractivity contribution in [2.24, 2.45) is 0 Å². The van der Waals surface area contributed by atoms with Crippen molar-refractivity contribution in [1.82, 2.24) is 18.3 Å². The van der Waals surface area contributed by atoms with Gasteiger partial charge in [-0.25, -0.2) is 0 Å². The van der Waals surface area contributed by atoms with E-state index in [9.17, 15) is 0 Å². The van der Waals surface area contributed by atoms with Gasteiger partial charge in [-0.05, 0) is 84.9 Å². The lowest BCUT2D eigenvalue weighted by Crippen LogP contribution is -1.99. The molecule has 0 amide bonds. The van der Waals surface area contributed by atoms with E-state index in [-0.39, 0.29) is 0 Å². The monoisotopic (exact) mass is 738 g/mol. The molecule has 0 radical (unpaired) electrons. The van der Waals surface area contributed by atoms with Gasteiger partial charge in [-0.15, -0.1) is 0 Å². The molecule has 0 aliphatic rings. The van der Waals surface area contributed by atoms with Gasteiger partial charge in [0.25, 0.3) is 0 Å². The lowest BCUT2D eigenvalue weighted by atomic mass is 10.1. The van der Waals surface area contributed by atoms with Crippen LogP contribution in [0.1, 0.15) is 0 Å². The molecule has 0 aliphatic carbocycles. The number of para-hydroxylation sites is 6. The minimum absolute atomic E-state index is 1.13. The van der Waals surface area contributed by atoms with Gasteiger partial charge in [0.15, 0.2) is 0 Å². The zero-order valence-electron chi connectivity index (χ0n) is 31.4. The fraction of sp³-hybridized carbons (Fsp3) is 0. The van der Waals surface area contributed by atoms with Gasteiger partial charge in [0.1, 0.15) is 0 Å². The smallest absolute Gasteiger partial charge is 0.0548 e. The molecule has 13 rings (SSSR count). The van der Waals surface area contributed by atoms with E-state index in [0.29, 0.717) is 0 Å². The molecule has 0 spiro atoms. The summed E-state index contributed by atoms with van der Waals surface area (Å²) in [5.41, 5.74) is 14.1. The second-order valence-corrected chi connectivity index (χ2v) is 15.4. The van der Waals surface area contributed by atoms with Crippen LogP contribution in [-0.4, -0.2) is 18.3 Å². The molecule has 0 saturated heterocycles. The Balaban J connectivity index is 1.05. The van der Waals surface area contributed by atoms with Gasteiger partial charge < -0.3 is 18.3 Å². The van der Waals surface area contributed by atoms with Crippen molar-refractivity contribution in [1.29, 1.82) is 0 Å². The van der Waals surface area contributed by atoms with Gasteiger partial charge in [0.2, 0.25) is 0 Å². The largest absolute Gasteiger partial charge is 0.309 e. The zero-order chi connectivity index (χ0) is 37.9. The maximum absolute atomic E-state index is 2.45. The maximum atomic E-state index is 2.45. The molecular formula is C54H34N4. The highest BCUT2D eigenvalue weighted by Crippen LogP contribution is 2.41. The number of hydrogen-bond acceptors (Lipinski definition) is 0. The fourth-order valence-corrected chi connectivity index (χ4v) is 9.93. The molecule has 4 nitrogen and oxygen atoms in total. The van der Waals surface area contributed by atoms with Crippen LogP contribution in [0.5, 0.6) is 0 Å². The number of hydrogen-bond donors (Lipinski definition) is 0. The Morgan fingerprint density at radius 2 is 0.397 bits per heavy atom. The summed E-state index contributed by atoms with van der Waals surface area (Å²) >= 11 is 0. The third-order valence-electron chi connectivity index (χ3n) is 12.3. The average molecular weight is 739 g/mol. The molecule has 0 N–H and O–H groups in total. The summed E-state index contributed by atoms with van der Waals surface area (Å²) in [6, 6.07) is 75.5. The molecule has 0 atom stereocenters. The predicted molar refractivity (Wildman–Crippen MR) is 244 cm³/mol. The van der Waals surface area contributed by atoms with Crippen LogP contribution in [-0.2, 0) is 0 Å². The fourth-order valence-electron chi connectivity index (χ4n) is 9.93. The summed E-state index contributed by atoms with van der Waals surface area (Å²) < 4.78 is 9.72. The molecule has 4 heterocycles. The van der Waals surface area contributed by atoms with Gasteiger partial charge in [0, 0.05) is 65.8 Å². The van der Waals surface area contributed by atoms with Crippen LogP contribution in [0.25, 0.3) is 110 Å². The van der Waals surface area contributed by atoms with Gasteiger partial charge in [-0.3, -0.25) is 0 Å². The van der Waals surface area contributed by atoms with Crippen molar-refractivity contribution >= 4 is 87.2 Å². The minimum Gasteiger partial charge on any atom is -0.309 e. The van der Waals surface area contributed by atoms with Gasteiger partial charge in [-0.1, -0.05) is 121 Å². The summed E-state index contributed by atoms with van der Waals surface area (Å²) in [5, 5.41) is 9.98. The number of aromatic nitrogens is 4. The molecule has 4 heteroatoms. The van der Waals surface area contributed by atoms with E-state index >= 15 is 0 Å². The Kier molecular flexibility index (Phi) is 6.41. The molecular weight excluding hydrogens is 705 g/mol. The molecule has 270 valence electrons. The van der Waals surface area contributed by atoms with Gasteiger partial charge >= 0.3 is 0 Å². The third-order valence-corrected chi connectivity index (χ3v) is 12.3. The van der Waals surface area contributed by atoms with Crippen LogP contribution in [0.4, 0.5) is 0 Å². The second kappa shape index (κ2) is 11.8. The van der Waals surface area contributed by atoms with Crippen LogP contribution < -0.4 is 0 Å². The first-order valence-corrected chi connectivity index (χ1v) is 19.9. The number of fused-ring (bicyclic) bond motifs is 12. The normalized spacial score (nSPS) is 12.1. The minimum atomic E-state index is 1.13. The number of benzene rings is 9. The quantitative estimate of drug-likeness (QED) is 0.171. The van der Waals surface area contributed by atoms with Crippen molar-refractivity contribution < 1.29 is 0 Å². The topological polar surface area (TPSA) is 19.7 Å². The Hall–Kier alpha value is -7.82. The highest BCUT2D eigenvalue weighted by molar-refractivity contribution is 6.19. The van der Waals surface area contributed by atoms with Crippen LogP contribution >= 0.6 is 0 Å². The van der Waals surface area contributed by atoms with Crippen LogP contribution in [0.3, 0.4) is 0 Å². The van der Waals surface area contributed by atoms with Gasteiger partial charge in [-0.2, -0.15) is 0 Å². The molecule has 0 saturated carbocycles. The average Bonchev–Trinajstić information content (AvgIpc) is 4.01. The Morgan fingerprint density at radius 3 is 0.672 bits per heavy atom. The maximum Gasteiger partial charge on any atom is 0.0548 e. The van der Waals surface area contributed by atoms with Crippen molar-refractivity contribution in [2.75, 3.05) is 0 Å². The van der Waals surface area contributed by atoms with Crippen molar-refractivity contribution in [3.05, 3.63) is 206 Å². The van der Waals surface area contributed by atoms with E-state index in [0.717, 1.165) is 22.7 Å². The molecule has 9 aromatic carbocycles. The summed E-state index contributed by atoms with van der Waals surface area (Å²) in [6.07, 6.45) is 0. The first-order chi connectivity index (χ1) is 28.8. The summed E-state index contributed by atoms with van der Waals surface area (Å²) in [4.78, 5) is 0. The lowest BCUT2D eigenvalue weighted by Gasteiger charge is -2.13. The van der Waals surface area contributed by atoms with Crippen LogP contribution in [0.2, 0.25) is 0 Å². The van der Waals surface area contributed by atoms with E-state index in [4.69, 9.17) is 0 Å². The third kappa shape index (κ3) is 4.29. The Bertz CT molecular complexity index is 3450. The molecule has 0 fully saturated rings. The van der Waals surface area contributed by atoms with Crippen LogP contribution in [0, 0.1) is 0 Å². The molecule has 4 aromatic heterocycles. The van der Waals surface area contributed by atoms with Crippen molar-refractivity contribution in [3.8, 4) is 22.7 Å². The Morgan fingerprint density at radius 1 is 0.172 bits per heavy atom. The van der Waals surface area contributed by atoms with Crippen molar-refractivity contribution in [2.45, 2.75) is 0 Å². The molecule has 0 bridgehead atoms. The first kappa shape index (κ1) is 31.4. The van der Waals surface area contributed by atoms with E-state index in [1.54, 1.807) is 0 Å². The Labute approximate surface area is 333 Å². The molecule has 58 heavy (non-hydrogen) atoms. The summed E-state index contributed by atoms with van der Waals surface area (Å²) in [6.45, 7) is 0. The highest BCUT2D eigenvalue weighted by Gasteiger charge is 2.20. The molecule has 0 unspecified atom stereocenters. The molecule has 0 aliphatic heterocycles. The SMILES string of the molecule is c1cc(-n2c3ccccc3c3ccccc32)cc(-n2c3ccccc3c3cc4c(cc32)c2ccccc2n4-c2cccc(-n3c4ccccc4c4ccccc43)c2)c1. The first-order valence-electron chi connectivity index (χ1n) is 19.9. The zero-order valence-corrected chi connectivity index (χ0v) is 31.4. The standard InChI is InChI=1S/C54H34N4/c1-7-25-47-39(19-1)40-20-2-8-26-48(40)55(47)35-15-13-17-37(31-35)57-51-29-11-5-23-43(51)45-34-54-46(33-53(45)57)44-24-6-12-30-52(44)58(54)38-18-14-16-36(32-38)56-49-27-9-3-21-41(49)42-22-4-10-28-50(42)56/h1-34H. The van der Waals surface area contributed by atoms with E-state index < -0.39 is 0 Å². The number of nitrogens with zero attached hydrogens (tertiary/aromatic N) is 4. The van der Waals surface area contributed by atoms with E-state index in [1.165, 1.54) is 87.2 Å². The highest BCUT2D eigenvalue weighted by atomic mass is 15.0. The van der Waals surface area contributed by atoms with Crippen LogP contribution in [0.15, 0.2) is 206 Å². The predicted octanol–water partition coefficient (Wildman–Crippen LogP) is 14.1. The van der Waals surface area contributed by atoms with E-state index in [2.05, 4.69) is 225 Å². The van der Waals surface area contributed by atoms with Gasteiger partial charge in [0.05, 0.1) is 44.1 Å². The lowest BCUT2D eigenvalue weighted by molar-refractivity contribution is 1.13. The number of rotatable bonds is 4. The second-order valence-electron chi connectivity index (χ2n) is 15.4. The summed E-state index contributed by atoms with van der Waals surface area (Å²) in [5.74, 6) is 0. The van der Waals surface area contributed by atoms with Crippen molar-refractivity contribution in [3.63, 3.8) is 0 Å². The molecule has 13 aromatic rings. The summed E-state index contributed by atoms with van der Waals surface area (Å²) in [7, 11) is 0. The van der Waals surface area contributed by atoms with E-state index in [1.807, 2.05) is 0 Å².